The molecule has 0 aliphatic rings. The van der Waals surface area contributed by atoms with Crippen LogP contribution in [0.15, 0.2) is 12.1 Å². The average Bonchev–Trinajstić information content (AvgIpc) is 2.30. The van der Waals surface area contributed by atoms with Crippen LogP contribution in [-0.2, 0) is 4.74 Å². The largest absolute Gasteiger partial charge is 0.465 e. The lowest BCUT2D eigenvalue weighted by atomic mass is 9.92. The lowest BCUT2D eigenvalue weighted by Gasteiger charge is -2.13. The summed E-state index contributed by atoms with van der Waals surface area (Å²) in [6.45, 7) is 7.72. The Morgan fingerprint density at radius 2 is 1.83 bits per heavy atom. The fraction of sp³-hybridized carbons (Fsp3) is 0.467. The molecular formula is C15H20O3. The Balaban J connectivity index is 3.31. The summed E-state index contributed by atoms with van der Waals surface area (Å²) in [4.78, 5) is 24.0. The van der Waals surface area contributed by atoms with Crippen molar-refractivity contribution >= 4 is 11.8 Å². The molecule has 0 saturated heterocycles. The van der Waals surface area contributed by atoms with Gasteiger partial charge in [0.1, 0.15) is 0 Å². The number of hydrogen-bond donors (Lipinski definition) is 0. The number of hydrogen-bond acceptors (Lipinski definition) is 3. The molecule has 98 valence electrons. The summed E-state index contributed by atoms with van der Waals surface area (Å²) in [6.07, 6.45) is 0.437. The second kappa shape index (κ2) is 5.80. The van der Waals surface area contributed by atoms with Crippen LogP contribution in [0.25, 0.3) is 0 Å². The molecule has 0 atom stereocenters. The molecule has 0 spiro atoms. The third-order valence-electron chi connectivity index (χ3n) is 3.02. The second-order valence-electron chi connectivity index (χ2n) is 4.94. The number of ether oxygens (including phenoxy) is 1. The lowest BCUT2D eigenvalue weighted by molar-refractivity contribution is 0.0595. The monoisotopic (exact) mass is 248 g/mol. The summed E-state index contributed by atoms with van der Waals surface area (Å²) in [7, 11) is 1.33. The van der Waals surface area contributed by atoms with Crippen LogP contribution in [-0.4, -0.2) is 18.9 Å². The van der Waals surface area contributed by atoms with Gasteiger partial charge in [-0.1, -0.05) is 26.0 Å². The zero-order chi connectivity index (χ0) is 13.9. The van der Waals surface area contributed by atoms with Crippen molar-refractivity contribution < 1.29 is 14.3 Å². The molecule has 0 saturated carbocycles. The molecule has 1 rings (SSSR count). The van der Waals surface area contributed by atoms with Gasteiger partial charge in [0.2, 0.25) is 0 Å². The first-order valence-electron chi connectivity index (χ1n) is 6.10. The van der Waals surface area contributed by atoms with E-state index in [0.29, 0.717) is 17.5 Å². The molecule has 0 aliphatic heterocycles. The van der Waals surface area contributed by atoms with E-state index in [1.165, 1.54) is 7.11 Å². The topological polar surface area (TPSA) is 43.4 Å². The van der Waals surface area contributed by atoms with Crippen molar-refractivity contribution in [1.29, 1.82) is 0 Å². The van der Waals surface area contributed by atoms with Gasteiger partial charge in [-0.3, -0.25) is 4.79 Å². The summed E-state index contributed by atoms with van der Waals surface area (Å²) < 4.78 is 4.78. The van der Waals surface area contributed by atoms with Crippen LogP contribution in [0, 0.1) is 19.8 Å². The minimum Gasteiger partial charge on any atom is -0.465 e. The van der Waals surface area contributed by atoms with E-state index in [1.54, 1.807) is 6.07 Å². The van der Waals surface area contributed by atoms with Crippen molar-refractivity contribution in [2.75, 3.05) is 7.11 Å². The Hall–Kier alpha value is -1.64. The second-order valence-corrected chi connectivity index (χ2v) is 4.94. The van der Waals surface area contributed by atoms with Gasteiger partial charge in [-0.15, -0.1) is 0 Å². The molecule has 3 heteroatoms. The van der Waals surface area contributed by atoms with Crippen LogP contribution in [0.2, 0.25) is 0 Å². The normalized spacial score (nSPS) is 10.6. The van der Waals surface area contributed by atoms with Crippen molar-refractivity contribution in [3.05, 3.63) is 34.4 Å². The molecular weight excluding hydrogens is 228 g/mol. The highest BCUT2D eigenvalue weighted by Gasteiger charge is 2.21. The molecule has 0 unspecified atom stereocenters. The van der Waals surface area contributed by atoms with Crippen molar-refractivity contribution in [3.8, 4) is 0 Å². The molecule has 18 heavy (non-hydrogen) atoms. The third kappa shape index (κ3) is 2.97. The molecule has 0 N–H and O–H groups in total. The van der Waals surface area contributed by atoms with E-state index in [4.69, 9.17) is 4.74 Å². The van der Waals surface area contributed by atoms with Crippen molar-refractivity contribution in [1.82, 2.24) is 0 Å². The van der Waals surface area contributed by atoms with Crippen LogP contribution in [0.3, 0.4) is 0 Å². The quantitative estimate of drug-likeness (QED) is 0.606. The molecule has 0 amide bonds. The van der Waals surface area contributed by atoms with E-state index in [1.807, 2.05) is 33.8 Å². The number of carbonyl (C=O) groups is 2. The highest BCUT2D eigenvalue weighted by Crippen LogP contribution is 2.21. The van der Waals surface area contributed by atoms with E-state index in [-0.39, 0.29) is 11.7 Å². The molecule has 0 fully saturated rings. The standard InChI is InChI=1S/C15H20O3/c1-9(2)8-13(16)12-7-6-10(3)11(4)14(12)15(17)18-5/h6-7,9H,8H2,1-5H3. The van der Waals surface area contributed by atoms with Gasteiger partial charge in [-0.25, -0.2) is 4.79 Å². The van der Waals surface area contributed by atoms with Crippen molar-refractivity contribution in [3.63, 3.8) is 0 Å². The zero-order valence-electron chi connectivity index (χ0n) is 11.7. The molecule has 1 aromatic rings. The fourth-order valence-corrected chi connectivity index (χ4v) is 1.89. The van der Waals surface area contributed by atoms with Gasteiger partial charge < -0.3 is 4.74 Å². The van der Waals surface area contributed by atoms with Crippen LogP contribution < -0.4 is 0 Å². The van der Waals surface area contributed by atoms with Crippen LogP contribution in [0.1, 0.15) is 52.1 Å². The Kier molecular flexibility index (Phi) is 4.65. The molecule has 0 radical (unpaired) electrons. The molecule has 3 nitrogen and oxygen atoms in total. The first kappa shape index (κ1) is 14.4. The summed E-state index contributed by atoms with van der Waals surface area (Å²) in [5.41, 5.74) is 2.68. The first-order chi connectivity index (χ1) is 8.38. The molecule has 0 aromatic heterocycles. The van der Waals surface area contributed by atoms with Gasteiger partial charge >= 0.3 is 5.97 Å². The van der Waals surface area contributed by atoms with Gasteiger partial charge in [0, 0.05) is 12.0 Å². The number of ketones is 1. The van der Waals surface area contributed by atoms with Crippen molar-refractivity contribution in [2.24, 2.45) is 5.92 Å². The van der Waals surface area contributed by atoms with Gasteiger partial charge in [0.25, 0.3) is 0 Å². The Morgan fingerprint density at radius 1 is 1.22 bits per heavy atom. The molecule has 1 aromatic carbocycles. The molecule has 0 heterocycles. The Bertz CT molecular complexity index is 473. The van der Waals surface area contributed by atoms with Gasteiger partial charge in [-0.2, -0.15) is 0 Å². The third-order valence-corrected chi connectivity index (χ3v) is 3.02. The van der Waals surface area contributed by atoms with Crippen LogP contribution >= 0.6 is 0 Å². The predicted octanol–water partition coefficient (Wildman–Crippen LogP) is 3.32. The predicted molar refractivity (Wildman–Crippen MR) is 71.0 cm³/mol. The van der Waals surface area contributed by atoms with Gasteiger partial charge in [-0.05, 0) is 30.9 Å². The summed E-state index contributed by atoms with van der Waals surface area (Å²) in [6, 6.07) is 3.59. The first-order valence-corrected chi connectivity index (χ1v) is 6.10. The Morgan fingerprint density at radius 3 is 2.33 bits per heavy atom. The zero-order valence-corrected chi connectivity index (χ0v) is 11.7. The highest BCUT2D eigenvalue weighted by atomic mass is 16.5. The SMILES string of the molecule is COC(=O)c1c(C(=O)CC(C)C)ccc(C)c1C. The minimum absolute atomic E-state index is 0.00602. The summed E-state index contributed by atoms with van der Waals surface area (Å²) in [5.74, 6) is -0.179. The average molecular weight is 248 g/mol. The number of methoxy groups -OCH3 is 1. The maximum absolute atomic E-state index is 12.2. The van der Waals surface area contributed by atoms with Crippen molar-refractivity contribution in [2.45, 2.75) is 34.1 Å². The number of rotatable bonds is 4. The maximum Gasteiger partial charge on any atom is 0.338 e. The van der Waals surface area contributed by atoms with E-state index in [2.05, 4.69) is 0 Å². The molecule has 0 aliphatic carbocycles. The number of benzene rings is 1. The van der Waals surface area contributed by atoms with E-state index in [0.717, 1.165) is 11.1 Å². The highest BCUT2D eigenvalue weighted by molar-refractivity contribution is 6.07. The fourth-order valence-electron chi connectivity index (χ4n) is 1.89. The smallest absolute Gasteiger partial charge is 0.338 e. The van der Waals surface area contributed by atoms with E-state index < -0.39 is 5.97 Å². The number of Topliss-reactive ketones (excluding diaryl/α,β-unsaturated/α-hetero) is 1. The number of carbonyl (C=O) groups excluding carboxylic acids is 2. The minimum atomic E-state index is -0.441. The lowest BCUT2D eigenvalue weighted by Crippen LogP contribution is -2.14. The number of esters is 1. The van der Waals surface area contributed by atoms with E-state index in [9.17, 15) is 9.59 Å². The summed E-state index contributed by atoms with van der Waals surface area (Å²) in [5, 5.41) is 0. The number of aryl methyl sites for hydroxylation is 1. The van der Waals surface area contributed by atoms with Gasteiger partial charge in [0.15, 0.2) is 5.78 Å². The summed E-state index contributed by atoms with van der Waals surface area (Å²) >= 11 is 0. The van der Waals surface area contributed by atoms with E-state index >= 15 is 0 Å². The van der Waals surface area contributed by atoms with Gasteiger partial charge in [0.05, 0.1) is 12.7 Å². The van der Waals surface area contributed by atoms with Crippen LogP contribution in [0.4, 0.5) is 0 Å². The van der Waals surface area contributed by atoms with Crippen LogP contribution in [0.5, 0.6) is 0 Å². The Labute approximate surface area is 108 Å². The maximum atomic E-state index is 12.2. The molecule has 0 bridgehead atoms.